The van der Waals surface area contributed by atoms with Crippen molar-refractivity contribution in [2.45, 2.75) is 6.10 Å². The molecule has 0 aromatic heterocycles. The van der Waals surface area contributed by atoms with Gasteiger partial charge in [0.1, 0.15) is 0 Å². The van der Waals surface area contributed by atoms with Gasteiger partial charge in [-0.15, -0.1) is 0 Å². The van der Waals surface area contributed by atoms with Crippen LogP contribution >= 0.6 is 34.8 Å². The predicted octanol–water partition coefficient (Wildman–Crippen LogP) is 4.11. The van der Waals surface area contributed by atoms with E-state index in [-0.39, 0.29) is 17.5 Å². The van der Waals surface area contributed by atoms with Gasteiger partial charge >= 0.3 is 0 Å². The molecule has 0 saturated carbocycles. The molecule has 1 atom stereocenters. The highest BCUT2D eigenvalue weighted by molar-refractivity contribution is 6.36. The number of carbonyl (C=O) groups is 1. The first-order valence-corrected chi connectivity index (χ1v) is 7.27. The summed E-state index contributed by atoms with van der Waals surface area (Å²) in [4.78, 5) is 12.0. The molecule has 0 unspecified atom stereocenters. The highest BCUT2D eigenvalue weighted by Crippen LogP contribution is 2.21. The standard InChI is InChI=1S/C15H12Cl3NO2/c16-10-3-1-2-9(6-10)14(20)8-19-15(21)12-5-4-11(17)7-13(12)18/h1-7,14,20H,8H2,(H,19,21)/t14-/m1/s1. The van der Waals surface area contributed by atoms with E-state index < -0.39 is 6.10 Å². The molecule has 1 amide bonds. The van der Waals surface area contributed by atoms with Crippen LogP contribution in [0.2, 0.25) is 15.1 Å². The Labute approximate surface area is 137 Å². The number of nitrogens with one attached hydrogen (secondary N) is 1. The Hall–Kier alpha value is -1.26. The van der Waals surface area contributed by atoms with Crippen molar-refractivity contribution < 1.29 is 9.90 Å². The summed E-state index contributed by atoms with van der Waals surface area (Å²) in [5.74, 6) is -0.377. The number of amides is 1. The average molecular weight is 345 g/mol. The van der Waals surface area contributed by atoms with Gasteiger partial charge in [0.15, 0.2) is 0 Å². The van der Waals surface area contributed by atoms with Crippen molar-refractivity contribution in [3.8, 4) is 0 Å². The summed E-state index contributed by atoms with van der Waals surface area (Å²) in [6, 6.07) is 11.4. The Bertz CT molecular complexity index is 661. The SMILES string of the molecule is O=C(NC[C@@H](O)c1cccc(Cl)c1)c1ccc(Cl)cc1Cl. The van der Waals surface area contributed by atoms with Gasteiger partial charge in [-0.05, 0) is 35.9 Å². The van der Waals surface area contributed by atoms with Gasteiger partial charge in [0, 0.05) is 16.6 Å². The molecule has 110 valence electrons. The Balaban J connectivity index is 2.00. The van der Waals surface area contributed by atoms with Crippen LogP contribution in [0, 0.1) is 0 Å². The fourth-order valence-corrected chi connectivity index (χ4v) is 2.48. The van der Waals surface area contributed by atoms with Crippen LogP contribution in [0.4, 0.5) is 0 Å². The van der Waals surface area contributed by atoms with E-state index in [0.717, 1.165) is 0 Å². The topological polar surface area (TPSA) is 49.3 Å². The maximum Gasteiger partial charge on any atom is 0.252 e. The molecule has 0 fully saturated rings. The monoisotopic (exact) mass is 343 g/mol. The Morgan fingerprint density at radius 3 is 2.48 bits per heavy atom. The van der Waals surface area contributed by atoms with Crippen molar-refractivity contribution in [2.75, 3.05) is 6.54 Å². The summed E-state index contributed by atoms with van der Waals surface area (Å²) in [5, 5.41) is 13.9. The largest absolute Gasteiger partial charge is 0.387 e. The summed E-state index contributed by atoms with van der Waals surface area (Å²) in [5.41, 5.74) is 0.935. The van der Waals surface area contributed by atoms with Gasteiger partial charge in [0.25, 0.3) is 5.91 Å². The molecule has 2 rings (SSSR count). The van der Waals surface area contributed by atoms with Crippen molar-refractivity contribution in [3.05, 3.63) is 68.7 Å². The zero-order chi connectivity index (χ0) is 15.4. The fourth-order valence-electron chi connectivity index (χ4n) is 1.79. The minimum atomic E-state index is -0.848. The van der Waals surface area contributed by atoms with Crippen LogP contribution in [0.15, 0.2) is 42.5 Å². The maximum atomic E-state index is 12.0. The van der Waals surface area contributed by atoms with E-state index in [1.807, 2.05) is 0 Å². The van der Waals surface area contributed by atoms with E-state index >= 15 is 0 Å². The smallest absolute Gasteiger partial charge is 0.252 e. The highest BCUT2D eigenvalue weighted by Gasteiger charge is 2.13. The second-order valence-electron chi connectivity index (χ2n) is 4.40. The lowest BCUT2D eigenvalue weighted by Gasteiger charge is -2.13. The van der Waals surface area contributed by atoms with E-state index in [4.69, 9.17) is 34.8 Å². The van der Waals surface area contributed by atoms with Crippen LogP contribution in [-0.4, -0.2) is 17.6 Å². The third kappa shape index (κ3) is 4.35. The van der Waals surface area contributed by atoms with Crippen molar-refractivity contribution in [1.29, 1.82) is 0 Å². The summed E-state index contributed by atoms with van der Waals surface area (Å²) < 4.78 is 0. The third-order valence-corrected chi connectivity index (χ3v) is 3.65. The van der Waals surface area contributed by atoms with E-state index in [9.17, 15) is 9.90 Å². The van der Waals surface area contributed by atoms with E-state index in [0.29, 0.717) is 21.2 Å². The molecule has 0 aliphatic rings. The Kier molecular flexibility index (Phi) is 5.48. The number of hydrogen-bond acceptors (Lipinski definition) is 2. The van der Waals surface area contributed by atoms with Gasteiger partial charge in [-0.3, -0.25) is 4.79 Å². The van der Waals surface area contributed by atoms with Crippen LogP contribution in [0.1, 0.15) is 22.0 Å². The highest BCUT2D eigenvalue weighted by atomic mass is 35.5. The number of aliphatic hydroxyl groups excluding tert-OH is 1. The fraction of sp³-hybridized carbons (Fsp3) is 0.133. The number of aliphatic hydroxyl groups is 1. The zero-order valence-corrected chi connectivity index (χ0v) is 13.1. The molecule has 21 heavy (non-hydrogen) atoms. The first-order valence-electron chi connectivity index (χ1n) is 6.14. The van der Waals surface area contributed by atoms with E-state index in [1.54, 1.807) is 30.3 Å². The van der Waals surface area contributed by atoms with Crippen molar-refractivity contribution in [2.24, 2.45) is 0 Å². The van der Waals surface area contributed by atoms with E-state index in [2.05, 4.69) is 5.32 Å². The number of rotatable bonds is 4. The van der Waals surface area contributed by atoms with Crippen molar-refractivity contribution in [1.82, 2.24) is 5.32 Å². The molecular formula is C15H12Cl3NO2. The van der Waals surface area contributed by atoms with Gasteiger partial charge in [0.05, 0.1) is 16.7 Å². The summed E-state index contributed by atoms with van der Waals surface area (Å²) in [6.07, 6.45) is -0.848. The number of carbonyl (C=O) groups excluding carboxylic acids is 1. The molecule has 0 aliphatic heterocycles. The molecule has 0 radical (unpaired) electrons. The summed E-state index contributed by atoms with van der Waals surface area (Å²) in [6.45, 7) is 0.0537. The van der Waals surface area contributed by atoms with Crippen LogP contribution in [0.25, 0.3) is 0 Å². The summed E-state index contributed by atoms with van der Waals surface area (Å²) >= 11 is 17.6. The molecule has 0 bridgehead atoms. The first-order chi connectivity index (χ1) is 9.97. The molecule has 0 spiro atoms. The van der Waals surface area contributed by atoms with Crippen LogP contribution in [0.3, 0.4) is 0 Å². The maximum absolute atomic E-state index is 12.0. The van der Waals surface area contributed by atoms with Crippen molar-refractivity contribution in [3.63, 3.8) is 0 Å². The molecule has 0 aliphatic carbocycles. The first kappa shape index (κ1) is 16.1. The second-order valence-corrected chi connectivity index (χ2v) is 5.69. The molecule has 6 heteroatoms. The number of benzene rings is 2. The lowest BCUT2D eigenvalue weighted by molar-refractivity contribution is 0.0916. The molecule has 0 heterocycles. The zero-order valence-electron chi connectivity index (χ0n) is 10.8. The molecule has 2 aromatic carbocycles. The van der Waals surface area contributed by atoms with Gasteiger partial charge in [-0.25, -0.2) is 0 Å². The third-order valence-electron chi connectivity index (χ3n) is 2.87. The average Bonchev–Trinajstić information content (AvgIpc) is 2.44. The van der Waals surface area contributed by atoms with Crippen LogP contribution < -0.4 is 5.32 Å². The Morgan fingerprint density at radius 1 is 1.10 bits per heavy atom. The van der Waals surface area contributed by atoms with Crippen molar-refractivity contribution >= 4 is 40.7 Å². The van der Waals surface area contributed by atoms with E-state index in [1.165, 1.54) is 12.1 Å². The number of hydrogen-bond donors (Lipinski definition) is 2. The molecule has 2 aromatic rings. The lowest BCUT2D eigenvalue weighted by atomic mass is 10.1. The molecule has 0 saturated heterocycles. The minimum absolute atomic E-state index is 0.0537. The van der Waals surface area contributed by atoms with Crippen LogP contribution in [0.5, 0.6) is 0 Å². The number of halogens is 3. The van der Waals surface area contributed by atoms with Gasteiger partial charge in [-0.1, -0.05) is 46.9 Å². The normalized spacial score (nSPS) is 12.0. The minimum Gasteiger partial charge on any atom is -0.387 e. The predicted molar refractivity (Wildman–Crippen MR) is 85.2 cm³/mol. The molecule has 3 nitrogen and oxygen atoms in total. The summed E-state index contributed by atoms with van der Waals surface area (Å²) in [7, 11) is 0. The quantitative estimate of drug-likeness (QED) is 0.877. The second kappa shape index (κ2) is 7.14. The molecular weight excluding hydrogens is 333 g/mol. The lowest BCUT2D eigenvalue weighted by Crippen LogP contribution is -2.28. The molecule has 2 N–H and O–H groups in total. The Morgan fingerprint density at radius 2 is 1.81 bits per heavy atom. The van der Waals surface area contributed by atoms with Gasteiger partial charge in [0.2, 0.25) is 0 Å². The van der Waals surface area contributed by atoms with Gasteiger partial charge < -0.3 is 10.4 Å². The van der Waals surface area contributed by atoms with Crippen LogP contribution in [-0.2, 0) is 0 Å². The van der Waals surface area contributed by atoms with Gasteiger partial charge in [-0.2, -0.15) is 0 Å².